The van der Waals surface area contributed by atoms with Crippen LogP contribution in [0.5, 0.6) is 0 Å². The molecule has 2 N–H and O–H groups in total. The maximum atomic E-state index is 12.4. The second-order valence-electron chi connectivity index (χ2n) is 15.9. The first-order valence-corrected chi connectivity index (χ1v) is 24.3. The highest BCUT2D eigenvalue weighted by atomic mass is 31.2. The van der Waals surface area contributed by atoms with Crippen molar-refractivity contribution in [2.75, 3.05) is 13.2 Å². The van der Waals surface area contributed by atoms with Crippen molar-refractivity contribution in [2.24, 2.45) is 5.92 Å². The van der Waals surface area contributed by atoms with E-state index < -0.39 is 32.5 Å². The molecule has 0 aromatic carbocycles. The van der Waals surface area contributed by atoms with Crippen molar-refractivity contribution in [3.63, 3.8) is 0 Å². The van der Waals surface area contributed by atoms with Crippen LogP contribution in [0, 0.1) is 5.92 Å². The molecule has 0 rings (SSSR count). The molecular formula is C47H83O9P. The fourth-order valence-corrected chi connectivity index (χ4v) is 6.69. The molecule has 0 spiro atoms. The molecular weight excluding hydrogens is 739 g/mol. The van der Waals surface area contributed by atoms with Crippen LogP contribution < -0.4 is 0 Å². The van der Waals surface area contributed by atoms with Crippen molar-refractivity contribution in [1.29, 1.82) is 0 Å². The van der Waals surface area contributed by atoms with Crippen LogP contribution >= 0.6 is 7.82 Å². The third-order valence-electron chi connectivity index (χ3n) is 9.75. The summed E-state index contributed by atoms with van der Waals surface area (Å²) in [4.78, 5) is 54.6. The average Bonchev–Trinajstić information content (AvgIpc) is 3.16. The number of hydrogen-bond donors (Lipinski definition) is 2. The van der Waals surface area contributed by atoms with Crippen molar-refractivity contribution >= 4 is 25.5 Å². The molecule has 0 saturated carbocycles. The summed E-state index contributed by atoms with van der Waals surface area (Å²) in [7, 11) is -4.78. The zero-order valence-corrected chi connectivity index (χ0v) is 37.3. The minimum atomic E-state index is -4.78. The number of ketones is 1. The summed E-state index contributed by atoms with van der Waals surface area (Å²) < 4.78 is 26.4. The first kappa shape index (κ1) is 54.7. The number of carbonyl (C=O) groups is 3. The van der Waals surface area contributed by atoms with Crippen LogP contribution in [0.25, 0.3) is 0 Å². The fourth-order valence-electron chi connectivity index (χ4n) is 6.33. The lowest BCUT2D eigenvalue weighted by molar-refractivity contribution is -0.161. The summed E-state index contributed by atoms with van der Waals surface area (Å²) in [5.74, 6) is 0.0305. The number of phosphoric ester groups is 1. The van der Waals surface area contributed by atoms with Gasteiger partial charge in [0.25, 0.3) is 0 Å². The van der Waals surface area contributed by atoms with Crippen LogP contribution in [0.15, 0.2) is 48.6 Å². The molecule has 0 fully saturated rings. The fraction of sp³-hybridized carbons (Fsp3) is 0.766. The van der Waals surface area contributed by atoms with Crippen LogP contribution in [0.2, 0.25) is 0 Å². The van der Waals surface area contributed by atoms with E-state index in [9.17, 15) is 18.9 Å². The van der Waals surface area contributed by atoms with E-state index in [1.807, 2.05) is 24.3 Å². The predicted molar refractivity (Wildman–Crippen MR) is 235 cm³/mol. The molecule has 0 aromatic rings. The van der Waals surface area contributed by atoms with Crippen molar-refractivity contribution in [3.05, 3.63) is 48.6 Å². The third-order valence-corrected chi connectivity index (χ3v) is 10.2. The summed E-state index contributed by atoms with van der Waals surface area (Å²) in [6.07, 6.45) is 45.4. The molecule has 330 valence electrons. The van der Waals surface area contributed by atoms with Crippen LogP contribution in [0.4, 0.5) is 0 Å². The highest BCUT2D eigenvalue weighted by Gasteiger charge is 2.22. The van der Waals surface area contributed by atoms with Crippen molar-refractivity contribution in [1.82, 2.24) is 0 Å². The van der Waals surface area contributed by atoms with E-state index >= 15 is 0 Å². The van der Waals surface area contributed by atoms with Gasteiger partial charge in [-0.05, 0) is 50.5 Å². The quantitative estimate of drug-likeness (QED) is 0.0154. The van der Waals surface area contributed by atoms with Gasteiger partial charge < -0.3 is 19.3 Å². The second kappa shape index (κ2) is 40.5. The van der Waals surface area contributed by atoms with E-state index in [1.54, 1.807) is 12.2 Å². The standard InChI is InChI=1S/C47H83O9P/c1-4-5-31-37-44(48)38-33-28-24-20-16-14-18-21-25-29-34-39-46(49)54-41-45(42-55-57(51,52)53)56-47(50)40-35-30-26-22-17-13-11-9-7-6-8-10-12-15-19-23-27-32-36-43(2)3/h14,16,21,24-25,28,33,38,43,45H,4-13,15,17-20,22-23,26-27,29-32,34-37,39-42H2,1-3H3,(H2,51,52,53)/b16-14-,25-21-,28-24-,38-33+/t45-/m1/s1. The highest BCUT2D eigenvalue weighted by Crippen LogP contribution is 2.36. The number of rotatable bonds is 41. The maximum absolute atomic E-state index is 12.4. The first-order chi connectivity index (χ1) is 27.5. The Hall–Kier alpha value is -2.32. The lowest BCUT2D eigenvalue weighted by Crippen LogP contribution is -2.29. The Morgan fingerprint density at radius 3 is 1.60 bits per heavy atom. The molecule has 0 unspecified atom stereocenters. The van der Waals surface area contributed by atoms with Crippen molar-refractivity contribution < 1.29 is 42.7 Å². The number of esters is 2. The first-order valence-electron chi connectivity index (χ1n) is 22.7. The van der Waals surface area contributed by atoms with E-state index in [0.717, 1.165) is 57.3 Å². The number of allylic oxidation sites excluding steroid dienone is 8. The van der Waals surface area contributed by atoms with E-state index in [1.165, 1.54) is 96.3 Å². The molecule has 0 aliphatic rings. The smallest absolute Gasteiger partial charge is 0.462 e. The van der Waals surface area contributed by atoms with Gasteiger partial charge >= 0.3 is 19.8 Å². The molecule has 57 heavy (non-hydrogen) atoms. The molecule has 0 aliphatic carbocycles. The maximum Gasteiger partial charge on any atom is 0.469 e. The van der Waals surface area contributed by atoms with Crippen LogP contribution in [0.1, 0.15) is 207 Å². The topological polar surface area (TPSA) is 136 Å². The minimum Gasteiger partial charge on any atom is -0.462 e. The molecule has 0 aromatic heterocycles. The van der Waals surface area contributed by atoms with Gasteiger partial charge in [-0.25, -0.2) is 4.57 Å². The Kier molecular flexibility index (Phi) is 38.8. The molecule has 10 heteroatoms. The number of hydrogen-bond acceptors (Lipinski definition) is 7. The highest BCUT2D eigenvalue weighted by molar-refractivity contribution is 7.46. The molecule has 0 bridgehead atoms. The minimum absolute atomic E-state index is 0.165. The van der Waals surface area contributed by atoms with Gasteiger partial charge in [0, 0.05) is 19.3 Å². The molecule has 9 nitrogen and oxygen atoms in total. The molecule has 0 radical (unpaired) electrons. The summed E-state index contributed by atoms with van der Waals surface area (Å²) in [5, 5.41) is 0. The lowest BCUT2D eigenvalue weighted by atomic mass is 10.0. The number of carbonyl (C=O) groups excluding carboxylic acids is 3. The van der Waals surface area contributed by atoms with Gasteiger partial charge in [0.05, 0.1) is 6.61 Å². The van der Waals surface area contributed by atoms with Crippen LogP contribution in [-0.2, 0) is 32.9 Å². The number of phosphoric acid groups is 1. The SMILES string of the molecule is CCCCCC(=O)/C=C/C=C\C/C=C\C/C=C\CCCC(=O)OC[C@H](COP(=O)(O)O)OC(=O)CCCCCCCCCCCCCCCCCCCCC(C)C. The molecule has 0 saturated heterocycles. The van der Waals surface area contributed by atoms with Crippen molar-refractivity contribution in [2.45, 2.75) is 213 Å². The molecule has 0 heterocycles. The molecule has 0 aliphatic heterocycles. The van der Waals surface area contributed by atoms with E-state index in [2.05, 4.69) is 37.4 Å². The summed E-state index contributed by atoms with van der Waals surface area (Å²) in [6, 6.07) is 0. The summed E-state index contributed by atoms with van der Waals surface area (Å²) >= 11 is 0. The zero-order chi connectivity index (χ0) is 42.1. The van der Waals surface area contributed by atoms with E-state index in [-0.39, 0.29) is 25.2 Å². The average molecular weight is 823 g/mol. The summed E-state index contributed by atoms with van der Waals surface area (Å²) in [5.41, 5.74) is 0. The Morgan fingerprint density at radius 1 is 0.561 bits per heavy atom. The van der Waals surface area contributed by atoms with E-state index in [4.69, 9.17) is 19.3 Å². The van der Waals surface area contributed by atoms with Gasteiger partial charge in [-0.1, -0.05) is 192 Å². The van der Waals surface area contributed by atoms with Crippen LogP contribution in [-0.4, -0.2) is 46.8 Å². The lowest BCUT2D eigenvalue weighted by Gasteiger charge is -2.18. The van der Waals surface area contributed by atoms with Gasteiger partial charge in [-0.2, -0.15) is 0 Å². The Labute approximate surface area is 348 Å². The van der Waals surface area contributed by atoms with Crippen molar-refractivity contribution in [3.8, 4) is 0 Å². The van der Waals surface area contributed by atoms with Gasteiger partial charge in [0.1, 0.15) is 6.61 Å². The van der Waals surface area contributed by atoms with Gasteiger partial charge in [0.15, 0.2) is 11.9 Å². The Bertz CT molecular complexity index is 1140. The Balaban J connectivity index is 3.97. The second-order valence-corrected chi connectivity index (χ2v) is 17.1. The monoisotopic (exact) mass is 823 g/mol. The van der Waals surface area contributed by atoms with Gasteiger partial charge in [-0.3, -0.25) is 18.9 Å². The largest absolute Gasteiger partial charge is 0.469 e. The summed E-state index contributed by atoms with van der Waals surface area (Å²) in [6.45, 7) is 5.85. The third kappa shape index (κ3) is 44.6. The van der Waals surface area contributed by atoms with Gasteiger partial charge in [0.2, 0.25) is 0 Å². The van der Waals surface area contributed by atoms with Crippen LogP contribution in [0.3, 0.4) is 0 Å². The van der Waals surface area contributed by atoms with E-state index in [0.29, 0.717) is 25.7 Å². The van der Waals surface area contributed by atoms with Gasteiger partial charge in [-0.15, -0.1) is 0 Å². The normalized spacial score (nSPS) is 12.9. The molecule has 1 atom stereocenters. The predicted octanol–water partition coefficient (Wildman–Crippen LogP) is 13.3. The zero-order valence-electron chi connectivity index (χ0n) is 36.4. The number of ether oxygens (including phenoxy) is 2. The Morgan fingerprint density at radius 2 is 1.05 bits per heavy atom. The number of unbranched alkanes of at least 4 members (excludes halogenated alkanes) is 20. The molecule has 0 amide bonds.